The topological polar surface area (TPSA) is 20.2 Å². The van der Waals surface area contributed by atoms with E-state index >= 15 is 0 Å². The van der Waals surface area contributed by atoms with Gasteiger partial charge < -0.3 is 5.11 Å². The van der Waals surface area contributed by atoms with Gasteiger partial charge in [0, 0.05) is 10.6 Å². The maximum absolute atomic E-state index is 13.8. The summed E-state index contributed by atoms with van der Waals surface area (Å²) in [5.41, 5.74) is 2.01. The fourth-order valence-electron chi connectivity index (χ4n) is 2.02. The van der Waals surface area contributed by atoms with Crippen LogP contribution in [0, 0.1) is 12.7 Å². The maximum atomic E-state index is 13.8. The van der Waals surface area contributed by atoms with Crippen LogP contribution in [-0.2, 0) is 22.4 Å². The van der Waals surface area contributed by atoms with Gasteiger partial charge in [-0.25, -0.2) is 4.39 Å². The molecule has 0 amide bonds. The van der Waals surface area contributed by atoms with Gasteiger partial charge in [0.15, 0.2) is 0 Å². The second-order valence-electron chi connectivity index (χ2n) is 6.12. The summed E-state index contributed by atoms with van der Waals surface area (Å²) in [6.45, 7) is 8.29. The fraction of sp³-hybridized carbons (Fsp3) is 0.294. The third kappa shape index (κ3) is 6.37. The molecule has 0 aliphatic heterocycles. The number of phenols is 1. The summed E-state index contributed by atoms with van der Waals surface area (Å²) in [6, 6.07) is 10.7. The van der Waals surface area contributed by atoms with Crippen LogP contribution in [0.5, 0.6) is 5.75 Å². The van der Waals surface area contributed by atoms with Crippen molar-refractivity contribution in [2.24, 2.45) is 0 Å². The summed E-state index contributed by atoms with van der Waals surface area (Å²) in [6.07, 6.45) is 0. The molecule has 2 aromatic rings. The van der Waals surface area contributed by atoms with Crippen LogP contribution >= 0.6 is 27.2 Å². The average molecular weight is 409 g/mol. The number of hydrogen-bond acceptors (Lipinski definition) is 1. The Balaban J connectivity index is 0.000000816. The monoisotopic (exact) mass is 408 g/mol. The molecule has 2 rings (SSSR count). The normalized spacial score (nSPS) is 11.3. The van der Waals surface area contributed by atoms with E-state index in [4.69, 9.17) is 18.6 Å². The van der Waals surface area contributed by atoms with E-state index in [1.54, 1.807) is 12.1 Å². The second kappa shape index (κ2) is 9.40. The number of aromatic hydroxyl groups is 1. The van der Waals surface area contributed by atoms with Crippen LogP contribution in [-0.4, -0.2) is 5.11 Å². The van der Waals surface area contributed by atoms with Crippen molar-refractivity contribution in [3.8, 4) is 5.75 Å². The summed E-state index contributed by atoms with van der Waals surface area (Å²) in [7, 11) is 9.90. The average Bonchev–Trinajstić information content (AvgIpc) is 2.45. The zero-order valence-electron chi connectivity index (χ0n) is 13.5. The van der Waals surface area contributed by atoms with Gasteiger partial charge in [-0.3, -0.25) is 0 Å². The predicted molar refractivity (Wildman–Crippen MR) is 97.2 cm³/mol. The predicted octanol–water partition coefficient (Wildman–Crippen LogP) is 5.14. The molecule has 23 heavy (non-hydrogen) atoms. The summed E-state index contributed by atoms with van der Waals surface area (Å²) >= 11 is -0.556. The first-order valence-corrected chi connectivity index (χ1v) is 12.3. The number of hydrogen-bond donors (Lipinski definition) is 1. The van der Waals surface area contributed by atoms with E-state index in [1.807, 2.05) is 25.1 Å². The van der Waals surface area contributed by atoms with Crippen molar-refractivity contribution >= 4 is 37.8 Å². The van der Waals surface area contributed by atoms with E-state index in [9.17, 15) is 9.50 Å². The Morgan fingerprint density at radius 2 is 1.65 bits per heavy atom. The van der Waals surface area contributed by atoms with Gasteiger partial charge in [-0.15, -0.1) is 0 Å². The van der Waals surface area contributed by atoms with E-state index in [-0.39, 0.29) is 25.6 Å². The molecule has 1 unspecified atom stereocenters. The first-order chi connectivity index (χ1) is 10.7. The van der Waals surface area contributed by atoms with Crippen molar-refractivity contribution in [2.75, 3.05) is 0 Å². The number of benzene rings is 2. The Morgan fingerprint density at radius 3 is 2.17 bits per heavy atom. The Morgan fingerprint density at radius 1 is 1.09 bits per heavy atom. The molecule has 0 aromatic heterocycles. The molecule has 0 saturated heterocycles. The van der Waals surface area contributed by atoms with Gasteiger partial charge in [0.05, 0.1) is 0 Å². The zero-order valence-corrected chi connectivity index (χ0v) is 17.6. The molecule has 0 aliphatic carbocycles. The minimum atomic E-state index is -0.556. The molecule has 1 atom stereocenters. The van der Waals surface area contributed by atoms with E-state index in [1.165, 1.54) is 6.07 Å². The van der Waals surface area contributed by atoms with Gasteiger partial charge in [-0.2, -0.15) is 0 Å². The third-order valence-corrected chi connectivity index (χ3v) is 4.64. The van der Waals surface area contributed by atoms with Crippen LogP contribution in [0.1, 0.15) is 31.9 Å². The number of halogens is 3. The zero-order chi connectivity index (χ0) is 17.6. The minimum absolute atomic E-state index is 0.00687. The van der Waals surface area contributed by atoms with E-state index in [0.717, 1.165) is 16.4 Å². The Labute approximate surface area is 156 Å². The molecule has 6 heteroatoms. The number of aryl methyl sites for hydroxylation is 1. The molecule has 0 saturated carbocycles. The molecule has 0 heterocycles. The van der Waals surface area contributed by atoms with E-state index in [0.29, 0.717) is 5.30 Å². The first-order valence-electron chi connectivity index (χ1n) is 7.02. The van der Waals surface area contributed by atoms with Crippen molar-refractivity contribution in [2.45, 2.75) is 33.1 Å². The van der Waals surface area contributed by atoms with Crippen LogP contribution in [0.25, 0.3) is 0 Å². The van der Waals surface area contributed by atoms with Crippen molar-refractivity contribution in [1.29, 1.82) is 0 Å². The first kappa shape index (κ1) is 20.9. The summed E-state index contributed by atoms with van der Waals surface area (Å²) in [5.74, 6) is 0.0589. The molecular weight excluding hydrogens is 389 g/mol. The summed E-state index contributed by atoms with van der Waals surface area (Å²) in [4.78, 5) is 0. The molecule has 0 aliphatic rings. The van der Waals surface area contributed by atoms with Gasteiger partial charge in [0.25, 0.3) is 0 Å². The van der Waals surface area contributed by atoms with Crippen molar-refractivity contribution in [3.05, 3.63) is 53.3 Å². The van der Waals surface area contributed by atoms with Gasteiger partial charge in [-0.1, -0.05) is 53.6 Å². The third-order valence-electron chi connectivity index (χ3n) is 3.31. The van der Waals surface area contributed by atoms with Crippen LogP contribution in [0.15, 0.2) is 36.4 Å². The summed E-state index contributed by atoms with van der Waals surface area (Å²) in [5, 5.41) is 11.7. The molecule has 0 radical (unpaired) electrons. The number of rotatable bonds is 2. The van der Waals surface area contributed by atoms with Gasteiger partial charge in [0.2, 0.25) is 0 Å². The molecule has 1 nitrogen and oxygen atoms in total. The molecule has 0 spiro atoms. The second-order valence-corrected chi connectivity index (χ2v) is 10.0. The van der Waals surface area contributed by atoms with Crippen molar-refractivity contribution in [1.82, 2.24) is 0 Å². The Hall–Kier alpha value is -0.106. The number of phenolic OH excluding ortho intramolecular Hbond substituents is 1. The SMILES string of the molecule is Cc1cc(C(C)(C)C)cc(Pc2ccccc2F)c1O.[Cl][Ti][Cl]. The van der Waals surface area contributed by atoms with E-state index < -0.39 is 17.0 Å². The van der Waals surface area contributed by atoms with Gasteiger partial charge in [-0.05, 0) is 35.6 Å². The Kier molecular flexibility index (Phi) is 8.55. The molecule has 2 aromatic carbocycles. The molecule has 0 fully saturated rings. The van der Waals surface area contributed by atoms with Crippen molar-refractivity contribution in [3.63, 3.8) is 0 Å². The van der Waals surface area contributed by atoms with Crippen LogP contribution in [0.4, 0.5) is 4.39 Å². The van der Waals surface area contributed by atoms with Crippen LogP contribution in [0.3, 0.4) is 0 Å². The van der Waals surface area contributed by atoms with Gasteiger partial charge >= 0.3 is 35.6 Å². The van der Waals surface area contributed by atoms with Gasteiger partial charge in [0.1, 0.15) is 11.6 Å². The van der Waals surface area contributed by atoms with E-state index in [2.05, 4.69) is 20.8 Å². The van der Waals surface area contributed by atoms with Crippen LogP contribution < -0.4 is 10.6 Å². The summed E-state index contributed by atoms with van der Waals surface area (Å²) < 4.78 is 13.8. The fourth-order valence-corrected chi connectivity index (χ4v) is 3.23. The molecule has 1 N–H and O–H groups in total. The molecule has 124 valence electrons. The molecular formula is C17H20Cl2FOPTi. The van der Waals surface area contributed by atoms with Crippen molar-refractivity contribution < 1.29 is 26.5 Å². The molecule has 0 bridgehead atoms. The Bertz CT molecular complexity index is 660. The van der Waals surface area contributed by atoms with Crippen LogP contribution in [0.2, 0.25) is 0 Å². The standard InChI is InChI=1S/C17H20FOP.2ClH.Ti/c1-11-9-12(17(2,3)4)10-15(16(11)19)20-14-8-6-5-7-13(14)18;;;/h5-10,19-20H,1-4H3;2*1H;/q;;;+2/p-2. The quantitative estimate of drug-likeness (QED) is 0.538.